The van der Waals surface area contributed by atoms with Crippen LogP contribution in [0.15, 0.2) is 59.0 Å². The van der Waals surface area contributed by atoms with Gasteiger partial charge in [0.15, 0.2) is 0 Å². The zero-order valence-electron chi connectivity index (χ0n) is 20.4. The number of para-hydroxylation sites is 1. The first-order valence-corrected chi connectivity index (χ1v) is 10.6. The van der Waals surface area contributed by atoms with Crippen LogP contribution in [0.1, 0.15) is 39.2 Å². The van der Waals surface area contributed by atoms with Crippen LogP contribution in [-0.4, -0.2) is 52.7 Å². The summed E-state index contributed by atoms with van der Waals surface area (Å²) < 4.78 is 10.3. The lowest BCUT2D eigenvalue weighted by molar-refractivity contribution is -0.385. The van der Waals surface area contributed by atoms with Gasteiger partial charge >= 0.3 is 23.9 Å². The van der Waals surface area contributed by atoms with E-state index in [9.17, 15) is 29.3 Å². The minimum absolute atomic E-state index is 0.114. The fourth-order valence-electron chi connectivity index (χ4n) is 3.32. The highest BCUT2D eigenvalue weighted by Crippen LogP contribution is 2.42. The number of allylic oxidation sites excluding steroid dienone is 2. The van der Waals surface area contributed by atoms with Crippen molar-refractivity contribution >= 4 is 29.6 Å². The number of nitro benzene ring substituents is 1. The van der Waals surface area contributed by atoms with Crippen molar-refractivity contribution in [3.63, 3.8) is 0 Å². The summed E-state index contributed by atoms with van der Waals surface area (Å²) in [6, 6.07) is 6.03. The Hall–Kier alpha value is -4.48. The number of esters is 2. The van der Waals surface area contributed by atoms with Gasteiger partial charge in [0.05, 0.1) is 35.7 Å². The van der Waals surface area contributed by atoms with Gasteiger partial charge in [0, 0.05) is 35.2 Å². The molecule has 1 heterocycles. The fraction of sp³-hybridized carbons (Fsp3) is 0.333. The Labute approximate surface area is 207 Å². The Morgan fingerprint density at radius 1 is 1.03 bits per heavy atom. The van der Waals surface area contributed by atoms with E-state index in [1.807, 2.05) is 13.8 Å². The summed E-state index contributed by atoms with van der Waals surface area (Å²) in [5.74, 6) is -4.68. The van der Waals surface area contributed by atoms with Gasteiger partial charge in [0.2, 0.25) is 0 Å². The molecule has 3 N–H and O–H groups in total. The summed E-state index contributed by atoms with van der Waals surface area (Å²) in [7, 11) is 1.22. The van der Waals surface area contributed by atoms with Crippen LogP contribution in [0.3, 0.4) is 0 Å². The maximum absolute atomic E-state index is 12.9. The van der Waals surface area contributed by atoms with Crippen molar-refractivity contribution in [3.8, 4) is 0 Å². The molecule has 1 aromatic carbocycles. The van der Waals surface area contributed by atoms with E-state index < -0.39 is 34.7 Å². The van der Waals surface area contributed by atoms with Crippen LogP contribution in [0.5, 0.6) is 0 Å². The quantitative estimate of drug-likeness (QED) is 0.205. The van der Waals surface area contributed by atoms with Gasteiger partial charge in [-0.3, -0.25) is 10.1 Å². The molecular formula is C24H28N2O10. The van der Waals surface area contributed by atoms with Crippen LogP contribution in [0.25, 0.3) is 0 Å². The van der Waals surface area contributed by atoms with E-state index in [0.717, 1.165) is 0 Å². The zero-order valence-corrected chi connectivity index (χ0v) is 20.4. The monoisotopic (exact) mass is 504 g/mol. The van der Waals surface area contributed by atoms with E-state index in [4.69, 9.17) is 19.7 Å². The number of benzene rings is 1. The molecular weight excluding hydrogens is 476 g/mol. The lowest BCUT2D eigenvalue weighted by atomic mass is 9.79. The van der Waals surface area contributed by atoms with Gasteiger partial charge in [-0.1, -0.05) is 32.0 Å². The Kier molecular flexibility index (Phi) is 11.0. The average Bonchev–Trinajstić information content (AvgIpc) is 2.80. The second-order valence-electron chi connectivity index (χ2n) is 7.94. The second-order valence-corrected chi connectivity index (χ2v) is 7.94. The minimum Gasteiger partial charge on any atom is -0.478 e. The minimum atomic E-state index is -1.26. The molecule has 0 saturated heterocycles. The molecule has 0 aliphatic carbocycles. The summed E-state index contributed by atoms with van der Waals surface area (Å²) in [5, 5.41) is 30.2. The van der Waals surface area contributed by atoms with Gasteiger partial charge in [0.1, 0.15) is 0 Å². The number of hydrogen-bond donors (Lipinski definition) is 3. The van der Waals surface area contributed by atoms with Crippen molar-refractivity contribution in [2.75, 3.05) is 13.7 Å². The number of hydrogen-bond acceptors (Lipinski definition) is 9. The number of nitrogens with one attached hydrogen (secondary N) is 1. The molecule has 0 fully saturated rings. The highest BCUT2D eigenvalue weighted by molar-refractivity contribution is 6.00. The first-order chi connectivity index (χ1) is 16.8. The number of carboxylic acid groups (broad SMARTS) is 2. The number of methoxy groups -OCH3 is 1. The van der Waals surface area contributed by atoms with Gasteiger partial charge in [-0.25, -0.2) is 19.2 Å². The fourth-order valence-corrected chi connectivity index (χ4v) is 3.32. The van der Waals surface area contributed by atoms with Crippen molar-refractivity contribution in [3.05, 3.63) is 74.6 Å². The molecule has 0 amide bonds. The van der Waals surface area contributed by atoms with Crippen LogP contribution in [0.2, 0.25) is 0 Å². The highest BCUT2D eigenvalue weighted by atomic mass is 16.6. The van der Waals surface area contributed by atoms with E-state index in [1.165, 1.54) is 25.3 Å². The summed E-state index contributed by atoms with van der Waals surface area (Å²) in [6.45, 7) is 7.32. The number of dihydropyridines is 1. The molecule has 1 aromatic rings. The van der Waals surface area contributed by atoms with Crippen LogP contribution in [0.4, 0.5) is 5.69 Å². The molecule has 1 aliphatic rings. The van der Waals surface area contributed by atoms with Gasteiger partial charge in [-0.05, 0) is 19.8 Å². The van der Waals surface area contributed by atoms with E-state index in [2.05, 4.69) is 5.32 Å². The summed E-state index contributed by atoms with van der Waals surface area (Å²) in [4.78, 5) is 55.6. The van der Waals surface area contributed by atoms with Crippen molar-refractivity contribution in [1.82, 2.24) is 5.32 Å². The number of nitro groups is 1. The van der Waals surface area contributed by atoms with Crippen molar-refractivity contribution in [1.29, 1.82) is 0 Å². The number of nitrogens with zero attached hydrogens (tertiary/aromatic N) is 1. The molecule has 194 valence electrons. The van der Waals surface area contributed by atoms with E-state index in [1.54, 1.807) is 19.9 Å². The zero-order chi connectivity index (χ0) is 27.6. The van der Waals surface area contributed by atoms with Crippen LogP contribution in [-0.2, 0) is 28.7 Å². The Morgan fingerprint density at radius 3 is 1.97 bits per heavy atom. The molecule has 12 heteroatoms. The lowest BCUT2D eigenvalue weighted by Crippen LogP contribution is -2.32. The standard InChI is InChI=1S/C20H24N2O6.C4H4O4/c1-11(2)10-28-20(24)17-13(4)21-12(3)16(19(23)27-5)18(17)14-8-6-7-9-15(14)22(25)26;5-3(6)1-2-4(7)8/h6-9,11,18,21H,10H2,1-5H3;1-2H,(H,5,6)(H,7,8)/b;2-1-. The number of aliphatic carboxylic acids is 2. The maximum Gasteiger partial charge on any atom is 0.336 e. The van der Waals surface area contributed by atoms with Crippen molar-refractivity contribution < 1.29 is 43.8 Å². The molecule has 0 aromatic heterocycles. The van der Waals surface area contributed by atoms with E-state index in [0.29, 0.717) is 23.5 Å². The third-order valence-electron chi connectivity index (χ3n) is 4.75. The molecule has 0 spiro atoms. The molecule has 0 radical (unpaired) electrons. The van der Waals surface area contributed by atoms with Gasteiger partial charge in [-0.2, -0.15) is 0 Å². The Morgan fingerprint density at radius 2 is 1.53 bits per heavy atom. The van der Waals surface area contributed by atoms with Crippen LogP contribution >= 0.6 is 0 Å². The number of carboxylic acids is 2. The number of rotatable bonds is 8. The van der Waals surface area contributed by atoms with E-state index >= 15 is 0 Å². The smallest absolute Gasteiger partial charge is 0.336 e. The largest absolute Gasteiger partial charge is 0.478 e. The van der Waals surface area contributed by atoms with Gasteiger partial charge in [0.25, 0.3) is 5.69 Å². The predicted molar refractivity (Wildman–Crippen MR) is 127 cm³/mol. The SMILES string of the molecule is COC(=O)C1=C(C)NC(C)=C(C(=O)OCC(C)C)C1c1ccccc1[N+](=O)[O-].O=C(O)/C=C\C(=O)O. The second kappa shape index (κ2) is 13.4. The molecule has 0 saturated carbocycles. The first-order valence-electron chi connectivity index (χ1n) is 10.6. The van der Waals surface area contributed by atoms with Crippen LogP contribution < -0.4 is 5.32 Å². The predicted octanol–water partition coefficient (Wildman–Crippen LogP) is 2.91. The Balaban J connectivity index is 0.000000697. The lowest BCUT2D eigenvalue weighted by Gasteiger charge is -2.30. The molecule has 2 rings (SSSR count). The summed E-state index contributed by atoms with van der Waals surface area (Å²) in [5.41, 5.74) is 1.27. The molecule has 0 bridgehead atoms. The average molecular weight is 504 g/mol. The highest BCUT2D eigenvalue weighted by Gasteiger charge is 2.40. The summed E-state index contributed by atoms with van der Waals surface area (Å²) in [6.07, 6.45) is 1.12. The normalized spacial score (nSPS) is 15.1. The Bertz CT molecular complexity index is 1120. The molecule has 1 unspecified atom stereocenters. The van der Waals surface area contributed by atoms with Gasteiger partial charge in [-0.15, -0.1) is 0 Å². The molecule has 12 nitrogen and oxygen atoms in total. The molecule has 36 heavy (non-hydrogen) atoms. The van der Waals surface area contributed by atoms with Crippen molar-refractivity contribution in [2.24, 2.45) is 5.92 Å². The maximum atomic E-state index is 12.9. The number of carbonyl (C=O) groups excluding carboxylic acids is 2. The van der Waals surface area contributed by atoms with Crippen molar-refractivity contribution in [2.45, 2.75) is 33.6 Å². The summed E-state index contributed by atoms with van der Waals surface area (Å²) >= 11 is 0. The molecule has 1 aliphatic heterocycles. The molecule has 1 atom stereocenters. The number of ether oxygens (including phenoxy) is 2. The number of carbonyl (C=O) groups is 4. The third kappa shape index (κ3) is 8.08. The first kappa shape index (κ1) is 29.6. The van der Waals surface area contributed by atoms with Gasteiger partial charge < -0.3 is 25.0 Å². The van der Waals surface area contributed by atoms with Crippen LogP contribution in [0, 0.1) is 16.0 Å². The topological polar surface area (TPSA) is 182 Å². The van der Waals surface area contributed by atoms with E-state index in [-0.39, 0.29) is 34.9 Å². The third-order valence-corrected chi connectivity index (χ3v) is 4.75.